The zero-order valence-corrected chi connectivity index (χ0v) is 11.8. The second kappa shape index (κ2) is 4.66. The highest BCUT2D eigenvalue weighted by Crippen LogP contribution is 2.30. The topological polar surface area (TPSA) is 56.5 Å². The van der Waals surface area contributed by atoms with Gasteiger partial charge in [0.15, 0.2) is 5.82 Å². The zero-order valence-electron chi connectivity index (χ0n) is 11.8. The highest BCUT2D eigenvalue weighted by molar-refractivity contribution is 5.99. The Hall–Kier alpha value is -2.75. The van der Waals surface area contributed by atoms with E-state index in [1.165, 1.54) is 16.5 Å². The van der Waals surface area contributed by atoms with Crippen LogP contribution in [0.2, 0.25) is 0 Å². The third kappa shape index (κ3) is 1.88. The smallest absolute Gasteiger partial charge is 0.161 e. The van der Waals surface area contributed by atoms with E-state index in [4.69, 9.17) is 0 Å². The SMILES string of the molecule is CCc1[nH]c(Nc2n[nH]c3ccccc23)c2ccccc12. The fourth-order valence-corrected chi connectivity index (χ4v) is 2.80. The molecule has 0 amide bonds. The van der Waals surface area contributed by atoms with Gasteiger partial charge in [0, 0.05) is 21.9 Å². The molecule has 4 heteroatoms. The van der Waals surface area contributed by atoms with Crippen molar-refractivity contribution in [1.29, 1.82) is 0 Å². The van der Waals surface area contributed by atoms with Gasteiger partial charge in [0.1, 0.15) is 5.82 Å². The molecule has 104 valence electrons. The average molecular weight is 276 g/mol. The average Bonchev–Trinajstić information content (AvgIpc) is 3.10. The van der Waals surface area contributed by atoms with Gasteiger partial charge in [0.2, 0.25) is 0 Å². The number of aromatic nitrogens is 3. The fraction of sp³-hybridized carbons (Fsp3) is 0.118. The Morgan fingerprint density at radius 1 is 0.952 bits per heavy atom. The number of aryl methyl sites for hydroxylation is 1. The number of aromatic amines is 2. The van der Waals surface area contributed by atoms with Gasteiger partial charge in [-0.05, 0) is 18.6 Å². The minimum atomic E-state index is 0.847. The van der Waals surface area contributed by atoms with Gasteiger partial charge in [0.25, 0.3) is 0 Å². The quantitative estimate of drug-likeness (QED) is 0.521. The number of anilines is 2. The summed E-state index contributed by atoms with van der Waals surface area (Å²) in [6.45, 7) is 2.16. The minimum Gasteiger partial charge on any atom is -0.344 e. The first-order valence-corrected chi connectivity index (χ1v) is 7.16. The summed E-state index contributed by atoms with van der Waals surface area (Å²) in [4.78, 5) is 3.48. The molecule has 0 aliphatic carbocycles. The molecule has 2 aromatic carbocycles. The zero-order chi connectivity index (χ0) is 14.2. The number of H-pyrrole nitrogens is 2. The van der Waals surface area contributed by atoms with Crippen molar-refractivity contribution in [2.75, 3.05) is 5.32 Å². The standard InChI is InChI=1S/C17H16N4/c1-2-14-11-7-3-4-8-12(11)16(18-14)19-17-13-9-5-6-10-15(13)20-21-17/h3-10,18H,2H2,1H3,(H2,19,20,21). The maximum absolute atomic E-state index is 4.38. The first-order chi connectivity index (χ1) is 10.4. The largest absolute Gasteiger partial charge is 0.344 e. The molecule has 0 bridgehead atoms. The van der Waals surface area contributed by atoms with E-state index >= 15 is 0 Å². The van der Waals surface area contributed by atoms with Crippen molar-refractivity contribution in [3.05, 3.63) is 54.2 Å². The number of hydrogen-bond acceptors (Lipinski definition) is 2. The Bertz CT molecular complexity index is 917. The van der Waals surface area contributed by atoms with E-state index in [1.54, 1.807) is 0 Å². The van der Waals surface area contributed by atoms with E-state index in [0.29, 0.717) is 0 Å². The van der Waals surface area contributed by atoms with E-state index in [2.05, 4.69) is 57.8 Å². The van der Waals surface area contributed by atoms with Gasteiger partial charge in [-0.15, -0.1) is 0 Å². The van der Waals surface area contributed by atoms with Crippen molar-refractivity contribution in [1.82, 2.24) is 15.2 Å². The van der Waals surface area contributed by atoms with Crippen LogP contribution in [-0.2, 0) is 6.42 Å². The predicted molar refractivity (Wildman–Crippen MR) is 87.1 cm³/mol. The summed E-state index contributed by atoms with van der Waals surface area (Å²) < 4.78 is 0. The van der Waals surface area contributed by atoms with Crippen LogP contribution >= 0.6 is 0 Å². The molecule has 0 unspecified atom stereocenters. The molecule has 0 atom stereocenters. The number of benzene rings is 2. The van der Waals surface area contributed by atoms with Gasteiger partial charge < -0.3 is 10.3 Å². The molecule has 0 spiro atoms. The molecule has 21 heavy (non-hydrogen) atoms. The minimum absolute atomic E-state index is 0.847. The van der Waals surface area contributed by atoms with Crippen LogP contribution in [-0.4, -0.2) is 15.2 Å². The predicted octanol–water partition coefficient (Wildman–Crippen LogP) is 4.35. The molecule has 4 nitrogen and oxygen atoms in total. The van der Waals surface area contributed by atoms with E-state index in [9.17, 15) is 0 Å². The van der Waals surface area contributed by atoms with Gasteiger partial charge in [-0.25, -0.2) is 0 Å². The lowest BCUT2D eigenvalue weighted by atomic mass is 10.1. The maximum Gasteiger partial charge on any atom is 0.161 e. The summed E-state index contributed by atoms with van der Waals surface area (Å²) in [6, 6.07) is 16.5. The van der Waals surface area contributed by atoms with Crippen LogP contribution in [0, 0.1) is 0 Å². The lowest BCUT2D eigenvalue weighted by Gasteiger charge is -2.01. The van der Waals surface area contributed by atoms with Gasteiger partial charge in [-0.3, -0.25) is 5.10 Å². The Balaban J connectivity index is 1.84. The van der Waals surface area contributed by atoms with Crippen LogP contribution in [0.3, 0.4) is 0 Å². The van der Waals surface area contributed by atoms with E-state index in [0.717, 1.165) is 29.0 Å². The van der Waals surface area contributed by atoms with Crippen molar-refractivity contribution >= 4 is 33.3 Å². The second-order valence-electron chi connectivity index (χ2n) is 5.12. The lowest BCUT2D eigenvalue weighted by molar-refractivity contribution is 1.07. The summed E-state index contributed by atoms with van der Waals surface area (Å²) >= 11 is 0. The number of fused-ring (bicyclic) bond motifs is 2. The van der Waals surface area contributed by atoms with Gasteiger partial charge in [0.05, 0.1) is 5.52 Å². The van der Waals surface area contributed by atoms with Crippen LogP contribution in [0.1, 0.15) is 12.6 Å². The Kier molecular flexibility index (Phi) is 2.67. The maximum atomic E-state index is 4.38. The van der Waals surface area contributed by atoms with Crippen molar-refractivity contribution in [2.45, 2.75) is 13.3 Å². The third-order valence-electron chi connectivity index (χ3n) is 3.86. The van der Waals surface area contributed by atoms with E-state index in [-0.39, 0.29) is 0 Å². The summed E-state index contributed by atoms with van der Waals surface area (Å²) in [6.07, 6.45) is 0.976. The van der Waals surface area contributed by atoms with Crippen molar-refractivity contribution in [3.8, 4) is 0 Å². The molecule has 0 aliphatic heterocycles. The number of nitrogens with one attached hydrogen (secondary N) is 3. The molecule has 0 saturated carbocycles. The number of nitrogens with zero attached hydrogens (tertiary/aromatic N) is 1. The first kappa shape index (κ1) is 12.0. The molecular weight excluding hydrogens is 260 g/mol. The molecular formula is C17H16N4. The summed E-state index contributed by atoms with van der Waals surface area (Å²) in [5, 5.41) is 14.4. The lowest BCUT2D eigenvalue weighted by Crippen LogP contribution is -1.92. The molecule has 0 radical (unpaired) electrons. The number of rotatable bonds is 3. The van der Waals surface area contributed by atoms with Crippen LogP contribution in [0.4, 0.5) is 11.6 Å². The van der Waals surface area contributed by atoms with Gasteiger partial charge in [-0.1, -0.05) is 43.3 Å². The van der Waals surface area contributed by atoms with Crippen molar-refractivity contribution < 1.29 is 0 Å². The molecule has 0 aliphatic rings. The monoisotopic (exact) mass is 276 g/mol. The van der Waals surface area contributed by atoms with E-state index < -0.39 is 0 Å². The van der Waals surface area contributed by atoms with Crippen LogP contribution in [0.15, 0.2) is 48.5 Å². The third-order valence-corrected chi connectivity index (χ3v) is 3.86. The fourth-order valence-electron chi connectivity index (χ4n) is 2.80. The first-order valence-electron chi connectivity index (χ1n) is 7.16. The van der Waals surface area contributed by atoms with Gasteiger partial charge in [-0.2, -0.15) is 5.10 Å². The highest BCUT2D eigenvalue weighted by atomic mass is 15.2. The van der Waals surface area contributed by atoms with Gasteiger partial charge >= 0.3 is 0 Å². The number of para-hydroxylation sites is 1. The van der Waals surface area contributed by atoms with Crippen molar-refractivity contribution in [2.24, 2.45) is 0 Å². The molecule has 2 heterocycles. The second-order valence-corrected chi connectivity index (χ2v) is 5.12. The summed E-state index contributed by atoms with van der Waals surface area (Å²) in [7, 11) is 0. The molecule has 4 rings (SSSR count). The Labute approximate surface area is 122 Å². The molecule has 0 saturated heterocycles. The molecule has 4 aromatic rings. The van der Waals surface area contributed by atoms with E-state index in [1.807, 2.05) is 18.2 Å². The normalized spacial score (nSPS) is 11.3. The Morgan fingerprint density at radius 2 is 1.67 bits per heavy atom. The summed E-state index contributed by atoms with van der Waals surface area (Å²) in [5.74, 6) is 1.85. The van der Waals surface area contributed by atoms with Crippen molar-refractivity contribution in [3.63, 3.8) is 0 Å². The summed E-state index contributed by atoms with van der Waals surface area (Å²) in [5.41, 5.74) is 2.28. The number of hydrogen-bond donors (Lipinski definition) is 3. The Morgan fingerprint density at radius 3 is 2.48 bits per heavy atom. The van der Waals surface area contributed by atoms with Crippen LogP contribution in [0.5, 0.6) is 0 Å². The highest BCUT2D eigenvalue weighted by Gasteiger charge is 2.11. The molecule has 2 aromatic heterocycles. The van der Waals surface area contributed by atoms with Crippen LogP contribution < -0.4 is 5.32 Å². The van der Waals surface area contributed by atoms with Crippen LogP contribution in [0.25, 0.3) is 21.7 Å². The molecule has 0 fully saturated rings. The molecule has 3 N–H and O–H groups in total.